The first-order chi connectivity index (χ1) is 11.1. The highest BCUT2D eigenvalue weighted by atomic mass is 127. The van der Waals surface area contributed by atoms with Gasteiger partial charge in [-0.25, -0.2) is 14.6 Å². The predicted molar refractivity (Wildman–Crippen MR) is 100 cm³/mol. The Balaban J connectivity index is 1.89. The summed E-state index contributed by atoms with van der Waals surface area (Å²) in [5, 5.41) is 6.05. The van der Waals surface area contributed by atoms with Gasteiger partial charge < -0.3 is 10.6 Å². The van der Waals surface area contributed by atoms with Crippen LogP contribution in [0.15, 0.2) is 18.5 Å². The number of alkyl halides is 1. The largest absolute Gasteiger partial charge is 0.383 e. The van der Waals surface area contributed by atoms with Crippen LogP contribution in [0.3, 0.4) is 0 Å². The van der Waals surface area contributed by atoms with Crippen LogP contribution >= 0.6 is 38.5 Å². The highest BCUT2D eigenvalue weighted by molar-refractivity contribution is 14.1. The van der Waals surface area contributed by atoms with Crippen molar-refractivity contribution >= 4 is 61.3 Å². The number of amides is 1. The van der Waals surface area contributed by atoms with Crippen LogP contribution in [-0.4, -0.2) is 49.0 Å². The average Bonchev–Trinajstić information content (AvgIpc) is 2.91. The van der Waals surface area contributed by atoms with Gasteiger partial charge in [0.15, 0.2) is 5.65 Å². The molecule has 0 bridgehead atoms. The number of carbonyl (C=O) groups is 1. The van der Waals surface area contributed by atoms with Gasteiger partial charge in [0.2, 0.25) is 5.91 Å². The Hall–Kier alpha value is -1.23. The van der Waals surface area contributed by atoms with E-state index in [1.165, 1.54) is 6.33 Å². The van der Waals surface area contributed by atoms with E-state index in [1.807, 2.05) is 15.7 Å². The molecular formula is C14H16BrIN6O. The van der Waals surface area contributed by atoms with Gasteiger partial charge in [-0.2, -0.15) is 5.10 Å². The fourth-order valence-electron chi connectivity index (χ4n) is 2.81. The molecule has 0 saturated carbocycles. The first-order valence-corrected chi connectivity index (χ1v) is 9.47. The fraction of sp³-hybridized carbons (Fsp3) is 0.429. The number of nitrogens with zero attached hydrogens (tertiary/aromatic N) is 5. The van der Waals surface area contributed by atoms with E-state index in [0.717, 1.165) is 34.1 Å². The second-order valence-corrected chi connectivity index (χ2v) is 7.00. The van der Waals surface area contributed by atoms with Crippen LogP contribution in [0.1, 0.15) is 18.9 Å². The number of allylic oxidation sites excluding steroid dienone is 1. The van der Waals surface area contributed by atoms with Crippen LogP contribution < -0.4 is 5.73 Å². The van der Waals surface area contributed by atoms with Gasteiger partial charge in [-0.1, -0.05) is 22.0 Å². The van der Waals surface area contributed by atoms with Gasteiger partial charge in [0, 0.05) is 18.4 Å². The smallest absolute Gasteiger partial charge is 0.246 e. The molecule has 1 atom stereocenters. The summed E-state index contributed by atoms with van der Waals surface area (Å²) in [4.78, 5) is 22.4. The second kappa shape index (κ2) is 7.12. The molecule has 2 aromatic heterocycles. The molecule has 3 heterocycles. The zero-order valence-corrected chi connectivity index (χ0v) is 16.1. The lowest BCUT2D eigenvalue weighted by Crippen LogP contribution is -2.40. The zero-order valence-electron chi connectivity index (χ0n) is 12.3. The third-order valence-electron chi connectivity index (χ3n) is 3.88. The van der Waals surface area contributed by atoms with Crippen molar-refractivity contribution in [2.24, 2.45) is 0 Å². The lowest BCUT2D eigenvalue weighted by Gasteiger charge is -2.32. The third-order valence-corrected chi connectivity index (χ3v) is 5.01. The number of nitrogens with two attached hydrogens (primary N) is 1. The van der Waals surface area contributed by atoms with E-state index in [2.05, 4.69) is 53.6 Å². The summed E-state index contributed by atoms with van der Waals surface area (Å²) in [5.74, 6) is 0.476. The van der Waals surface area contributed by atoms with E-state index in [-0.39, 0.29) is 11.9 Å². The first-order valence-electron chi connectivity index (χ1n) is 7.27. The minimum atomic E-state index is 0.0365. The summed E-state index contributed by atoms with van der Waals surface area (Å²) in [6.07, 6.45) is 6.78. The maximum atomic E-state index is 12.2. The maximum Gasteiger partial charge on any atom is 0.246 e. The molecule has 0 aliphatic carbocycles. The summed E-state index contributed by atoms with van der Waals surface area (Å²) in [7, 11) is 0. The number of hydrogen-bond acceptors (Lipinski definition) is 5. The molecule has 1 saturated heterocycles. The lowest BCUT2D eigenvalue weighted by molar-refractivity contribution is -0.127. The minimum absolute atomic E-state index is 0.0365. The summed E-state index contributed by atoms with van der Waals surface area (Å²) in [6.45, 7) is 1.40. The van der Waals surface area contributed by atoms with E-state index >= 15 is 0 Å². The first kappa shape index (κ1) is 16.6. The molecular weight excluding hydrogens is 475 g/mol. The van der Waals surface area contributed by atoms with E-state index in [1.54, 1.807) is 6.08 Å². The normalized spacial score (nSPS) is 18.9. The van der Waals surface area contributed by atoms with Gasteiger partial charge in [0.1, 0.15) is 15.8 Å². The van der Waals surface area contributed by atoms with Crippen molar-refractivity contribution in [2.75, 3.05) is 24.2 Å². The highest BCUT2D eigenvalue weighted by Crippen LogP contribution is 2.29. The molecule has 23 heavy (non-hydrogen) atoms. The van der Waals surface area contributed by atoms with E-state index in [4.69, 9.17) is 5.73 Å². The Morgan fingerprint density at radius 2 is 2.35 bits per heavy atom. The molecule has 1 aliphatic heterocycles. The molecule has 0 spiro atoms. The van der Waals surface area contributed by atoms with E-state index in [0.29, 0.717) is 17.7 Å². The Kier molecular flexibility index (Phi) is 5.14. The molecule has 2 N–H and O–H groups in total. The van der Waals surface area contributed by atoms with E-state index < -0.39 is 0 Å². The zero-order chi connectivity index (χ0) is 16.4. The molecule has 7 nitrogen and oxygen atoms in total. The van der Waals surface area contributed by atoms with Crippen LogP contribution in [0.2, 0.25) is 0 Å². The number of nitrogen functional groups attached to an aromatic ring is 1. The third kappa shape index (κ3) is 3.35. The molecule has 1 amide bonds. The molecule has 3 rings (SSSR count). The van der Waals surface area contributed by atoms with Crippen molar-refractivity contribution in [3.63, 3.8) is 0 Å². The number of rotatable bonds is 3. The Morgan fingerprint density at radius 1 is 1.52 bits per heavy atom. The van der Waals surface area contributed by atoms with E-state index in [9.17, 15) is 4.79 Å². The molecule has 1 fully saturated rings. The van der Waals surface area contributed by atoms with Crippen molar-refractivity contribution < 1.29 is 4.79 Å². The number of fused-ring (bicyclic) bond motifs is 1. The standard InChI is InChI=1S/C14H16BrIN6O/c15-5-1-4-10(23)21-6-2-3-9(7-21)22-14-11(12(16)20-22)13(17)18-8-19-14/h1,4,8-9H,2-3,5-7H2,(H2,17,18,19)/b4-1+. The molecule has 1 aliphatic rings. The van der Waals surface area contributed by atoms with Crippen LogP contribution in [-0.2, 0) is 4.79 Å². The van der Waals surface area contributed by atoms with Gasteiger partial charge in [0.05, 0.1) is 11.4 Å². The number of likely N-dealkylation sites (tertiary alicyclic amines) is 1. The van der Waals surface area contributed by atoms with Crippen LogP contribution in [0, 0.1) is 3.70 Å². The van der Waals surface area contributed by atoms with Crippen molar-refractivity contribution in [2.45, 2.75) is 18.9 Å². The molecule has 2 aromatic rings. The summed E-state index contributed by atoms with van der Waals surface area (Å²) >= 11 is 5.44. The van der Waals surface area contributed by atoms with Gasteiger partial charge in [-0.15, -0.1) is 0 Å². The maximum absolute atomic E-state index is 12.2. The minimum Gasteiger partial charge on any atom is -0.383 e. The van der Waals surface area contributed by atoms with Gasteiger partial charge >= 0.3 is 0 Å². The SMILES string of the molecule is Nc1ncnc2c1c(I)nn2C1CCCN(C(=O)/C=C/CBr)C1. The average molecular weight is 491 g/mol. The topological polar surface area (TPSA) is 89.9 Å². The number of piperidine rings is 1. The summed E-state index contributed by atoms with van der Waals surface area (Å²) in [5.41, 5.74) is 6.68. The Bertz CT molecular complexity index is 761. The van der Waals surface area contributed by atoms with Crippen molar-refractivity contribution in [3.05, 3.63) is 22.2 Å². The van der Waals surface area contributed by atoms with Crippen molar-refractivity contribution in [1.29, 1.82) is 0 Å². The Morgan fingerprint density at radius 3 is 3.13 bits per heavy atom. The second-order valence-electron chi connectivity index (χ2n) is 5.33. The number of aromatic nitrogens is 4. The summed E-state index contributed by atoms with van der Waals surface area (Å²) < 4.78 is 2.68. The number of hydrogen-bond donors (Lipinski definition) is 1. The molecule has 0 radical (unpaired) electrons. The Labute approximate surface area is 155 Å². The van der Waals surface area contributed by atoms with Crippen molar-refractivity contribution in [3.8, 4) is 0 Å². The van der Waals surface area contributed by atoms with Gasteiger partial charge in [-0.05, 0) is 41.5 Å². The predicted octanol–water partition coefficient (Wildman–Crippen LogP) is 2.13. The number of halogens is 2. The fourth-order valence-corrected chi connectivity index (χ4v) is 3.75. The van der Waals surface area contributed by atoms with Crippen molar-refractivity contribution in [1.82, 2.24) is 24.6 Å². The molecule has 9 heteroatoms. The van der Waals surface area contributed by atoms with Crippen LogP contribution in [0.5, 0.6) is 0 Å². The van der Waals surface area contributed by atoms with Gasteiger partial charge in [0.25, 0.3) is 0 Å². The molecule has 122 valence electrons. The van der Waals surface area contributed by atoms with Gasteiger partial charge in [-0.3, -0.25) is 4.79 Å². The quantitative estimate of drug-likeness (QED) is 0.404. The summed E-state index contributed by atoms with van der Waals surface area (Å²) in [6, 6.07) is 0.102. The van der Waals surface area contributed by atoms with Crippen LogP contribution in [0.4, 0.5) is 5.82 Å². The molecule has 1 unspecified atom stereocenters. The molecule has 0 aromatic carbocycles. The lowest BCUT2D eigenvalue weighted by atomic mass is 10.1. The monoisotopic (exact) mass is 490 g/mol. The highest BCUT2D eigenvalue weighted by Gasteiger charge is 2.27. The number of anilines is 1. The van der Waals surface area contributed by atoms with Crippen LogP contribution in [0.25, 0.3) is 11.0 Å². The number of carbonyl (C=O) groups excluding carboxylic acids is 1.